The number of ether oxygens (including phenoxy) is 3. The van der Waals surface area contributed by atoms with Gasteiger partial charge in [-0.3, -0.25) is 18.6 Å². The average Bonchev–Trinajstić information content (AvgIpc) is 3.59. The molecule has 39 heavy (non-hydrogen) atoms. The lowest BCUT2D eigenvalue weighted by molar-refractivity contribution is -0.870. The Kier molecular flexibility index (Phi) is 18.1. The third kappa shape index (κ3) is 21.2. The maximum Gasteiger partial charge on any atom is 0.472 e. The number of hydrogen-bond acceptors (Lipinski definition) is 8. The molecule has 228 valence electrons. The van der Waals surface area contributed by atoms with Gasteiger partial charge in [-0.15, -0.1) is 0 Å². The molecule has 1 fully saturated rings. The summed E-state index contributed by atoms with van der Waals surface area (Å²) in [5, 5.41) is 0. The van der Waals surface area contributed by atoms with Crippen LogP contribution >= 0.6 is 7.82 Å². The van der Waals surface area contributed by atoms with Crippen molar-refractivity contribution >= 4 is 19.8 Å². The number of epoxide rings is 1. The minimum absolute atomic E-state index is 0.0245. The average molecular weight is 579 g/mol. The summed E-state index contributed by atoms with van der Waals surface area (Å²) in [4.78, 5) is 33.3. The molecule has 1 saturated heterocycles. The number of nitrogens with zero attached hydrogens (tertiary/aromatic N) is 1. The van der Waals surface area contributed by atoms with Gasteiger partial charge in [-0.25, -0.2) is 4.57 Å². The lowest BCUT2D eigenvalue weighted by Gasteiger charge is -2.24. The molecule has 1 rings (SSSR count). The first-order valence-corrected chi connectivity index (χ1v) is 16.0. The Bertz CT molecular complexity index is 769. The number of likely N-dealkylation sites (N-methyl/N-ethyl adjacent to an activating group) is 1. The van der Waals surface area contributed by atoms with E-state index >= 15 is 0 Å². The predicted molar refractivity (Wildman–Crippen MR) is 150 cm³/mol. The fraction of sp³-hybridized carbons (Fsp3) is 0.857. The molecule has 1 aliphatic rings. The molecule has 0 saturated carbocycles. The molecule has 0 spiro atoms. The second-order valence-corrected chi connectivity index (χ2v) is 12.7. The van der Waals surface area contributed by atoms with E-state index in [1.165, 1.54) is 32.6 Å². The van der Waals surface area contributed by atoms with Crippen LogP contribution in [0.25, 0.3) is 0 Å². The predicted octanol–water partition coefficient (Wildman–Crippen LogP) is 5.33. The van der Waals surface area contributed by atoms with E-state index in [9.17, 15) is 19.0 Å². The highest BCUT2D eigenvalue weighted by Crippen LogP contribution is 2.43. The van der Waals surface area contributed by atoms with E-state index in [0.717, 1.165) is 38.5 Å². The molecule has 0 bridgehead atoms. The molecule has 0 amide bonds. The second-order valence-electron chi connectivity index (χ2n) is 11.2. The number of allylic oxidation sites excluding steroid dienone is 1. The zero-order valence-corrected chi connectivity index (χ0v) is 25.7. The zero-order valence-electron chi connectivity index (χ0n) is 24.8. The number of carbonyl (C=O) groups is 2. The van der Waals surface area contributed by atoms with Crippen molar-refractivity contribution in [3.63, 3.8) is 0 Å². The van der Waals surface area contributed by atoms with E-state index in [1.807, 2.05) is 21.1 Å². The van der Waals surface area contributed by atoms with Crippen molar-refractivity contribution in [2.75, 3.05) is 47.5 Å². The van der Waals surface area contributed by atoms with Crippen LogP contribution in [-0.4, -0.2) is 87.1 Å². The maximum absolute atomic E-state index is 12.1. The van der Waals surface area contributed by atoms with Crippen molar-refractivity contribution in [3.8, 4) is 0 Å². The summed E-state index contributed by atoms with van der Waals surface area (Å²) in [6.07, 6.45) is 16.7. The molecule has 0 radical (unpaired) electrons. The van der Waals surface area contributed by atoms with E-state index in [-0.39, 0.29) is 19.6 Å². The van der Waals surface area contributed by atoms with Gasteiger partial charge in [-0.05, 0) is 32.1 Å². The first kappa shape index (κ1) is 35.7. The number of esters is 2. The van der Waals surface area contributed by atoms with E-state index < -0.39 is 32.5 Å². The molecule has 1 heterocycles. The normalized spacial score (nSPS) is 19.5. The maximum atomic E-state index is 12.1. The summed E-state index contributed by atoms with van der Waals surface area (Å²) in [6, 6.07) is 0. The summed E-state index contributed by atoms with van der Waals surface area (Å²) in [5.74, 6) is -1.02. The number of hydrogen-bond donors (Lipinski definition) is 1. The van der Waals surface area contributed by atoms with Crippen LogP contribution in [-0.2, 0) is 37.4 Å². The van der Waals surface area contributed by atoms with Crippen molar-refractivity contribution in [2.45, 2.75) is 109 Å². The fourth-order valence-electron chi connectivity index (χ4n) is 3.90. The fourth-order valence-corrected chi connectivity index (χ4v) is 4.64. The summed E-state index contributed by atoms with van der Waals surface area (Å²) >= 11 is 0. The third-order valence-corrected chi connectivity index (χ3v) is 7.25. The van der Waals surface area contributed by atoms with Gasteiger partial charge in [0.25, 0.3) is 0 Å². The summed E-state index contributed by atoms with van der Waals surface area (Å²) in [6.45, 7) is 3.27. The van der Waals surface area contributed by atoms with Crippen molar-refractivity contribution in [3.05, 3.63) is 12.2 Å². The first-order chi connectivity index (χ1) is 18.4. The van der Waals surface area contributed by atoms with Gasteiger partial charge in [0.1, 0.15) is 19.8 Å². The Hall–Kier alpha value is -1.29. The van der Waals surface area contributed by atoms with Crippen LogP contribution in [0.1, 0.15) is 90.9 Å². The number of quaternary nitrogens is 1. The second kappa shape index (κ2) is 19.7. The largest absolute Gasteiger partial charge is 0.472 e. The summed E-state index contributed by atoms with van der Waals surface area (Å²) < 4.78 is 38.5. The van der Waals surface area contributed by atoms with Crippen LogP contribution in [0, 0.1) is 0 Å². The smallest absolute Gasteiger partial charge is 0.462 e. The van der Waals surface area contributed by atoms with Gasteiger partial charge in [0.15, 0.2) is 6.10 Å². The summed E-state index contributed by atoms with van der Waals surface area (Å²) in [5.41, 5.74) is 0. The quantitative estimate of drug-likeness (QED) is 0.0405. The minimum Gasteiger partial charge on any atom is -0.462 e. The van der Waals surface area contributed by atoms with E-state index in [1.54, 1.807) is 0 Å². The number of phosphoric ester groups is 1. The van der Waals surface area contributed by atoms with Gasteiger partial charge >= 0.3 is 19.8 Å². The van der Waals surface area contributed by atoms with Gasteiger partial charge in [0, 0.05) is 13.3 Å². The lowest BCUT2D eigenvalue weighted by atomic mass is 10.1. The third-order valence-electron chi connectivity index (χ3n) is 6.27. The highest BCUT2D eigenvalue weighted by molar-refractivity contribution is 7.47. The van der Waals surface area contributed by atoms with Gasteiger partial charge in [-0.1, -0.05) is 57.6 Å². The Morgan fingerprint density at radius 3 is 2.38 bits per heavy atom. The first-order valence-electron chi connectivity index (χ1n) is 14.5. The highest BCUT2D eigenvalue weighted by Gasteiger charge is 2.36. The standard InChI is InChI=1S/C28H52NO9P/c1-6-7-14-17-26-27(38-26)18-15-12-10-8-9-11-13-16-19-28(31)34-22-25(37-24(2)30)23-36-39(32,33)35-21-20-29(3,4)5/h12,15,25-27H,6-11,13-14,16-23H2,1-5H3/p+1/b15-12-/t25-,26?,27?/m1/s1. The van der Waals surface area contributed by atoms with Crippen LogP contribution in [0.2, 0.25) is 0 Å². The van der Waals surface area contributed by atoms with E-state index in [4.69, 9.17) is 23.3 Å². The van der Waals surface area contributed by atoms with Crippen LogP contribution in [0.15, 0.2) is 12.2 Å². The van der Waals surface area contributed by atoms with E-state index in [2.05, 4.69) is 19.1 Å². The molecule has 1 N–H and O–H groups in total. The van der Waals surface area contributed by atoms with Crippen molar-refractivity contribution < 1.29 is 46.8 Å². The van der Waals surface area contributed by atoms with Crippen LogP contribution in [0.4, 0.5) is 0 Å². The van der Waals surface area contributed by atoms with Gasteiger partial charge < -0.3 is 23.6 Å². The van der Waals surface area contributed by atoms with Crippen LogP contribution in [0.5, 0.6) is 0 Å². The Labute approximate surface area is 235 Å². The molecule has 0 aromatic carbocycles. The molecule has 1 aliphatic heterocycles. The zero-order chi connectivity index (χ0) is 29.2. The molecule has 10 nitrogen and oxygen atoms in total. The van der Waals surface area contributed by atoms with Gasteiger partial charge in [0.2, 0.25) is 0 Å². The minimum atomic E-state index is -4.32. The SMILES string of the molecule is CCCCCC1OC1C/C=C\CCCCCCCC(=O)OC[C@H](COP(=O)(O)OCC[N+](C)(C)C)OC(C)=O. The molecular formula is C28H53NO9P+. The Morgan fingerprint density at radius 1 is 0.974 bits per heavy atom. The molecule has 4 atom stereocenters. The molecule has 3 unspecified atom stereocenters. The van der Waals surface area contributed by atoms with Crippen LogP contribution in [0.3, 0.4) is 0 Å². The van der Waals surface area contributed by atoms with E-state index in [0.29, 0.717) is 29.7 Å². The number of rotatable bonds is 24. The topological polar surface area (TPSA) is 121 Å². The van der Waals surface area contributed by atoms with Crippen LogP contribution < -0.4 is 0 Å². The lowest BCUT2D eigenvalue weighted by Crippen LogP contribution is -2.37. The molecule has 0 aromatic heterocycles. The van der Waals surface area contributed by atoms with Crippen molar-refractivity contribution in [2.24, 2.45) is 0 Å². The number of unbranched alkanes of at least 4 members (excludes halogenated alkanes) is 7. The van der Waals surface area contributed by atoms with Crippen molar-refractivity contribution in [1.82, 2.24) is 0 Å². The molecule has 0 aromatic rings. The molecule has 11 heteroatoms. The number of carbonyl (C=O) groups excluding carboxylic acids is 2. The highest BCUT2D eigenvalue weighted by atomic mass is 31.2. The monoisotopic (exact) mass is 578 g/mol. The Morgan fingerprint density at radius 2 is 1.69 bits per heavy atom. The number of phosphoric acid groups is 1. The molecule has 0 aliphatic carbocycles. The molecular weight excluding hydrogens is 525 g/mol. The van der Waals surface area contributed by atoms with Crippen molar-refractivity contribution in [1.29, 1.82) is 0 Å². The Balaban J connectivity index is 2.09. The summed E-state index contributed by atoms with van der Waals surface area (Å²) in [7, 11) is 1.45. The van der Waals surface area contributed by atoms with Gasteiger partial charge in [0.05, 0.1) is 40.0 Å². The van der Waals surface area contributed by atoms with Gasteiger partial charge in [-0.2, -0.15) is 0 Å².